The van der Waals surface area contributed by atoms with Crippen molar-refractivity contribution in [2.75, 3.05) is 31.2 Å². The van der Waals surface area contributed by atoms with E-state index in [2.05, 4.69) is 21.8 Å². The molecule has 2 heterocycles. The second-order valence-electron chi connectivity index (χ2n) is 4.83. The van der Waals surface area contributed by atoms with Crippen LogP contribution < -0.4 is 21.1 Å². The van der Waals surface area contributed by atoms with Crippen LogP contribution in [0, 0.1) is 11.3 Å². The molecule has 0 saturated carbocycles. The number of anilines is 2. The zero-order chi connectivity index (χ0) is 14.8. The van der Waals surface area contributed by atoms with Crippen molar-refractivity contribution < 1.29 is 4.74 Å². The van der Waals surface area contributed by atoms with Gasteiger partial charge in [0.2, 0.25) is 0 Å². The molecule has 1 fully saturated rings. The number of benzene rings is 1. The summed E-state index contributed by atoms with van der Waals surface area (Å²) in [5, 5.41) is 20.1. The summed E-state index contributed by atoms with van der Waals surface area (Å²) >= 11 is 0. The van der Waals surface area contributed by atoms with Gasteiger partial charge in [-0.15, -0.1) is 5.10 Å². The maximum absolute atomic E-state index is 9.30. The maximum Gasteiger partial charge on any atom is 0.169 e. The van der Waals surface area contributed by atoms with E-state index in [1.807, 2.05) is 24.3 Å². The van der Waals surface area contributed by atoms with Crippen LogP contribution in [0.1, 0.15) is 5.56 Å². The third-order valence-electron chi connectivity index (χ3n) is 3.45. The van der Waals surface area contributed by atoms with E-state index in [0.29, 0.717) is 22.9 Å². The minimum atomic E-state index is 0.283. The van der Waals surface area contributed by atoms with Gasteiger partial charge in [-0.1, -0.05) is 6.07 Å². The van der Waals surface area contributed by atoms with Gasteiger partial charge < -0.3 is 21.1 Å². The van der Waals surface area contributed by atoms with Crippen LogP contribution >= 0.6 is 0 Å². The first-order valence-corrected chi connectivity index (χ1v) is 6.63. The molecule has 1 aromatic heterocycles. The summed E-state index contributed by atoms with van der Waals surface area (Å²) in [6, 6.07) is 9.77. The smallest absolute Gasteiger partial charge is 0.169 e. The lowest BCUT2D eigenvalue weighted by Gasteiger charge is -2.27. The zero-order valence-corrected chi connectivity index (χ0v) is 11.6. The van der Waals surface area contributed by atoms with E-state index in [4.69, 9.17) is 10.5 Å². The molecule has 0 unspecified atom stereocenters. The Balaban J connectivity index is 1.99. The molecule has 0 amide bonds. The highest BCUT2D eigenvalue weighted by molar-refractivity contribution is 5.66. The number of hydrogen-bond acceptors (Lipinski definition) is 6. The van der Waals surface area contributed by atoms with Gasteiger partial charge in [0, 0.05) is 19.2 Å². The molecule has 21 heavy (non-hydrogen) atoms. The summed E-state index contributed by atoms with van der Waals surface area (Å²) in [6.45, 7) is 1.72. The van der Waals surface area contributed by atoms with Gasteiger partial charge in [0.25, 0.3) is 0 Å². The molecule has 0 atom stereocenters. The van der Waals surface area contributed by atoms with Crippen LogP contribution in [0.25, 0.3) is 5.69 Å². The molecule has 7 heteroatoms. The normalized spacial score (nSPS) is 14.3. The summed E-state index contributed by atoms with van der Waals surface area (Å²) in [5.41, 5.74) is 7.17. The van der Waals surface area contributed by atoms with Crippen molar-refractivity contribution >= 4 is 11.6 Å². The predicted molar refractivity (Wildman–Crippen MR) is 79.5 cm³/mol. The van der Waals surface area contributed by atoms with E-state index in [1.54, 1.807) is 11.8 Å². The quantitative estimate of drug-likeness (QED) is 0.764. The highest BCUT2D eigenvalue weighted by atomic mass is 16.5. The molecule has 1 aliphatic heterocycles. The summed E-state index contributed by atoms with van der Waals surface area (Å²) in [7, 11) is 1.60. The van der Waals surface area contributed by atoms with E-state index in [0.717, 1.165) is 18.8 Å². The Morgan fingerprint density at radius 3 is 2.95 bits per heavy atom. The van der Waals surface area contributed by atoms with Crippen molar-refractivity contribution in [1.29, 1.82) is 5.26 Å². The van der Waals surface area contributed by atoms with Gasteiger partial charge in [-0.05, 0) is 12.1 Å². The lowest BCUT2D eigenvalue weighted by atomic mass is 10.2. The number of aromatic nitrogens is 2. The Hall–Kier alpha value is -2.72. The van der Waals surface area contributed by atoms with Gasteiger partial charge in [0.05, 0.1) is 18.8 Å². The molecule has 0 spiro atoms. The molecular formula is C14H16N6O. The van der Waals surface area contributed by atoms with Crippen LogP contribution in [-0.4, -0.2) is 36.0 Å². The molecule has 3 rings (SSSR count). The van der Waals surface area contributed by atoms with Crippen molar-refractivity contribution in [2.24, 2.45) is 0 Å². The molecule has 4 N–H and O–H groups in total. The summed E-state index contributed by atoms with van der Waals surface area (Å²) < 4.78 is 6.75. The van der Waals surface area contributed by atoms with Crippen LogP contribution in [0.3, 0.4) is 0 Å². The lowest BCUT2D eigenvalue weighted by Crippen LogP contribution is -2.51. The molecular weight excluding hydrogens is 268 g/mol. The Kier molecular flexibility index (Phi) is 3.38. The van der Waals surface area contributed by atoms with Crippen molar-refractivity contribution in [3.8, 4) is 17.5 Å². The lowest BCUT2D eigenvalue weighted by molar-refractivity contribution is 0.414. The molecule has 2 aromatic rings. The van der Waals surface area contributed by atoms with E-state index in [-0.39, 0.29) is 6.04 Å². The number of ether oxygens (including phenoxy) is 1. The van der Waals surface area contributed by atoms with Gasteiger partial charge in [-0.25, -0.2) is 4.68 Å². The maximum atomic E-state index is 9.30. The van der Waals surface area contributed by atoms with Gasteiger partial charge in [0.15, 0.2) is 5.82 Å². The number of nitriles is 1. The zero-order valence-electron chi connectivity index (χ0n) is 11.6. The highest BCUT2D eigenvalue weighted by Gasteiger charge is 2.22. The molecule has 0 bridgehead atoms. The topological polar surface area (TPSA) is 101 Å². The van der Waals surface area contributed by atoms with Crippen LogP contribution in [0.2, 0.25) is 0 Å². The van der Waals surface area contributed by atoms with Crippen molar-refractivity contribution in [2.45, 2.75) is 6.04 Å². The number of hydrogen-bond donors (Lipinski definition) is 3. The number of nitrogens with two attached hydrogens (primary N) is 1. The Bertz CT molecular complexity index is 698. The van der Waals surface area contributed by atoms with Crippen LogP contribution in [0.5, 0.6) is 5.75 Å². The molecule has 0 aliphatic carbocycles. The van der Waals surface area contributed by atoms with E-state index < -0.39 is 0 Å². The minimum absolute atomic E-state index is 0.283. The van der Waals surface area contributed by atoms with Crippen LogP contribution in [-0.2, 0) is 0 Å². The number of nitrogens with zero attached hydrogens (tertiary/aromatic N) is 3. The van der Waals surface area contributed by atoms with E-state index in [1.165, 1.54) is 0 Å². The standard InChI is InChI=1S/C14H16N6O/c1-21-11-4-2-3-10(5-11)20-13(16)12(6-15)14(19-20)18-9-7-17-8-9/h2-5,9,17H,7-8,16H2,1H3,(H,18,19). The SMILES string of the molecule is COc1cccc(-n2nc(NC3CNC3)c(C#N)c2N)c1. The second-order valence-corrected chi connectivity index (χ2v) is 4.83. The van der Waals surface area contributed by atoms with Crippen molar-refractivity contribution in [1.82, 2.24) is 15.1 Å². The largest absolute Gasteiger partial charge is 0.497 e. The van der Waals surface area contributed by atoms with Gasteiger partial charge in [-0.3, -0.25) is 0 Å². The monoisotopic (exact) mass is 284 g/mol. The number of rotatable bonds is 4. The number of nitrogen functional groups attached to an aromatic ring is 1. The Labute approximate surface area is 122 Å². The fourth-order valence-electron chi connectivity index (χ4n) is 2.17. The van der Waals surface area contributed by atoms with Crippen LogP contribution in [0.15, 0.2) is 24.3 Å². The van der Waals surface area contributed by atoms with Crippen molar-refractivity contribution in [3.63, 3.8) is 0 Å². The molecule has 1 aromatic carbocycles. The summed E-state index contributed by atoms with van der Waals surface area (Å²) in [6.07, 6.45) is 0. The summed E-state index contributed by atoms with van der Waals surface area (Å²) in [4.78, 5) is 0. The number of nitrogens with one attached hydrogen (secondary N) is 2. The van der Waals surface area contributed by atoms with Gasteiger partial charge in [-0.2, -0.15) is 5.26 Å². The van der Waals surface area contributed by atoms with Crippen LogP contribution in [0.4, 0.5) is 11.6 Å². The highest BCUT2D eigenvalue weighted by Crippen LogP contribution is 2.26. The Morgan fingerprint density at radius 2 is 2.33 bits per heavy atom. The third-order valence-corrected chi connectivity index (χ3v) is 3.45. The van der Waals surface area contributed by atoms with Crippen molar-refractivity contribution in [3.05, 3.63) is 29.8 Å². The third kappa shape index (κ3) is 2.37. The van der Waals surface area contributed by atoms with E-state index in [9.17, 15) is 5.26 Å². The first-order chi connectivity index (χ1) is 10.2. The molecule has 108 valence electrons. The van der Waals surface area contributed by atoms with E-state index >= 15 is 0 Å². The predicted octanol–water partition coefficient (Wildman–Crippen LogP) is 0.718. The van der Waals surface area contributed by atoms with Gasteiger partial charge >= 0.3 is 0 Å². The first kappa shape index (κ1) is 13.3. The Morgan fingerprint density at radius 1 is 1.52 bits per heavy atom. The average molecular weight is 284 g/mol. The second kappa shape index (κ2) is 5.34. The number of methoxy groups -OCH3 is 1. The summed E-state index contributed by atoms with van der Waals surface area (Å²) in [5.74, 6) is 1.54. The first-order valence-electron chi connectivity index (χ1n) is 6.63. The van der Waals surface area contributed by atoms with Gasteiger partial charge in [0.1, 0.15) is 23.2 Å². The average Bonchev–Trinajstić information content (AvgIpc) is 2.79. The molecule has 7 nitrogen and oxygen atoms in total. The molecule has 0 radical (unpaired) electrons. The molecule has 1 aliphatic rings. The minimum Gasteiger partial charge on any atom is -0.497 e. The fourth-order valence-corrected chi connectivity index (χ4v) is 2.17. The molecule has 1 saturated heterocycles. The fraction of sp³-hybridized carbons (Fsp3) is 0.286.